The minimum absolute atomic E-state index is 0.00623. The second-order valence-electron chi connectivity index (χ2n) is 3.91. The van der Waals surface area contributed by atoms with E-state index in [-0.39, 0.29) is 40.2 Å². The number of amides is 1. The number of hydrogen-bond donors (Lipinski definition) is 2. The van der Waals surface area contributed by atoms with Crippen molar-refractivity contribution in [1.82, 2.24) is 10.3 Å². The van der Waals surface area contributed by atoms with E-state index in [2.05, 4.69) is 10.3 Å². The van der Waals surface area contributed by atoms with Gasteiger partial charge in [-0.25, -0.2) is 4.98 Å². The van der Waals surface area contributed by atoms with Gasteiger partial charge in [-0.2, -0.15) is 0 Å². The van der Waals surface area contributed by atoms with Crippen LogP contribution in [-0.4, -0.2) is 28.6 Å². The summed E-state index contributed by atoms with van der Waals surface area (Å²) in [4.78, 5) is 15.7. The number of hydrogen-bond acceptors (Lipinski definition) is 3. The first-order valence-electron chi connectivity index (χ1n) is 5.18. The highest BCUT2D eigenvalue weighted by atomic mass is 35.5. The summed E-state index contributed by atoms with van der Waals surface area (Å²) in [7, 11) is 0. The summed E-state index contributed by atoms with van der Waals surface area (Å²) in [6.07, 6.45) is 1.33. The van der Waals surface area contributed by atoms with Crippen LogP contribution in [0.2, 0.25) is 10.2 Å². The maximum atomic E-state index is 11.9. The maximum Gasteiger partial charge on any atom is 0.253 e. The molecule has 1 aromatic rings. The Balaban J connectivity index is 2.79. The molecule has 6 heteroatoms. The van der Waals surface area contributed by atoms with Gasteiger partial charge in [0.2, 0.25) is 0 Å². The molecule has 4 nitrogen and oxygen atoms in total. The number of pyridine rings is 1. The highest BCUT2D eigenvalue weighted by Gasteiger charge is 2.17. The zero-order valence-corrected chi connectivity index (χ0v) is 11.1. The van der Waals surface area contributed by atoms with Crippen molar-refractivity contribution in [3.8, 4) is 0 Å². The zero-order valence-electron chi connectivity index (χ0n) is 9.58. The second-order valence-corrected chi connectivity index (χ2v) is 4.70. The van der Waals surface area contributed by atoms with E-state index < -0.39 is 0 Å². The molecule has 0 fully saturated rings. The summed E-state index contributed by atoms with van der Waals surface area (Å²) in [6.45, 7) is 3.66. The number of halogens is 2. The number of carbonyl (C=O) groups excluding carboxylic acids is 1. The number of aromatic nitrogens is 1. The fraction of sp³-hybridized carbons (Fsp3) is 0.455. The third-order valence-electron chi connectivity index (χ3n) is 2.57. The molecule has 0 spiro atoms. The Labute approximate surface area is 110 Å². The molecule has 1 rings (SSSR count). The van der Waals surface area contributed by atoms with Gasteiger partial charge in [-0.15, -0.1) is 0 Å². The molecule has 2 N–H and O–H groups in total. The van der Waals surface area contributed by atoms with Crippen LogP contribution in [0.15, 0.2) is 12.3 Å². The molecule has 0 bridgehead atoms. The van der Waals surface area contributed by atoms with Gasteiger partial charge in [0.05, 0.1) is 10.6 Å². The van der Waals surface area contributed by atoms with Crippen LogP contribution >= 0.6 is 23.2 Å². The van der Waals surface area contributed by atoms with Crippen LogP contribution in [-0.2, 0) is 0 Å². The van der Waals surface area contributed by atoms with Crippen LogP contribution in [0.5, 0.6) is 0 Å². The Morgan fingerprint density at radius 2 is 2.18 bits per heavy atom. The van der Waals surface area contributed by atoms with Crippen LogP contribution < -0.4 is 5.32 Å². The first kappa shape index (κ1) is 14.2. The van der Waals surface area contributed by atoms with E-state index >= 15 is 0 Å². The molecule has 0 saturated carbocycles. The summed E-state index contributed by atoms with van der Waals surface area (Å²) in [5.41, 5.74) is 0.281. The van der Waals surface area contributed by atoms with E-state index in [4.69, 9.17) is 28.3 Å². The molecule has 1 aromatic heterocycles. The Bertz CT molecular complexity index is 412. The lowest BCUT2D eigenvalue weighted by atomic mass is 10.0. The minimum atomic E-state index is -0.327. The van der Waals surface area contributed by atoms with Gasteiger partial charge in [0.25, 0.3) is 5.91 Å². The lowest BCUT2D eigenvalue weighted by Crippen LogP contribution is -2.38. The SMILES string of the molecule is CC(CO)C(C)NC(=O)c1cc(Cl)ncc1Cl. The number of aliphatic hydroxyl groups excluding tert-OH is 1. The highest BCUT2D eigenvalue weighted by Crippen LogP contribution is 2.18. The molecule has 1 heterocycles. The molecular formula is C11H14Cl2N2O2. The predicted molar refractivity (Wildman–Crippen MR) is 67.4 cm³/mol. The van der Waals surface area contributed by atoms with Gasteiger partial charge in [-0.05, 0) is 18.9 Å². The maximum absolute atomic E-state index is 11.9. The quantitative estimate of drug-likeness (QED) is 0.829. The van der Waals surface area contributed by atoms with Crippen molar-refractivity contribution in [2.75, 3.05) is 6.61 Å². The molecule has 1 amide bonds. The van der Waals surface area contributed by atoms with Gasteiger partial charge in [-0.1, -0.05) is 30.1 Å². The fourth-order valence-corrected chi connectivity index (χ4v) is 1.52. The first-order chi connectivity index (χ1) is 7.95. The Morgan fingerprint density at radius 1 is 1.53 bits per heavy atom. The Hall–Kier alpha value is -0.840. The van der Waals surface area contributed by atoms with Crippen molar-refractivity contribution in [3.05, 3.63) is 28.0 Å². The van der Waals surface area contributed by atoms with Crippen molar-refractivity contribution in [2.45, 2.75) is 19.9 Å². The van der Waals surface area contributed by atoms with Gasteiger partial charge < -0.3 is 10.4 Å². The summed E-state index contributed by atoms with van der Waals surface area (Å²) >= 11 is 11.6. The van der Waals surface area contributed by atoms with Crippen molar-refractivity contribution in [1.29, 1.82) is 0 Å². The molecule has 0 aromatic carbocycles. The van der Waals surface area contributed by atoms with Gasteiger partial charge in [0, 0.05) is 18.8 Å². The van der Waals surface area contributed by atoms with Gasteiger partial charge in [0.15, 0.2) is 0 Å². The van der Waals surface area contributed by atoms with Crippen LogP contribution in [0.25, 0.3) is 0 Å². The van der Waals surface area contributed by atoms with Crippen molar-refractivity contribution in [3.63, 3.8) is 0 Å². The largest absolute Gasteiger partial charge is 0.396 e. The van der Waals surface area contributed by atoms with E-state index in [0.29, 0.717) is 0 Å². The van der Waals surface area contributed by atoms with E-state index in [1.54, 1.807) is 0 Å². The van der Waals surface area contributed by atoms with Crippen LogP contribution in [0.4, 0.5) is 0 Å². The third kappa shape index (κ3) is 3.84. The lowest BCUT2D eigenvalue weighted by molar-refractivity contribution is 0.0916. The summed E-state index contributed by atoms with van der Waals surface area (Å²) in [5, 5.41) is 12.2. The van der Waals surface area contributed by atoms with E-state index in [1.807, 2.05) is 13.8 Å². The summed E-state index contributed by atoms with van der Waals surface area (Å²) < 4.78 is 0. The number of aliphatic hydroxyl groups is 1. The van der Waals surface area contributed by atoms with Crippen LogP contribution in [0.3, 0.4) is 0 Å². The average molecular weight is 277 g/mol. The molecule has 94 valence electrons. The number of carbonyl (C=O) groups is 1. The van der Waals surface area contributed by atoms with Crippen molar-refractivity contribution < 1.29 is 9.90 Å². The number of rotatable bonds is 4. The van der Waals surface area contributed by atoms with Crippen LogP contribution in [0, 0.1) is 5.92 Å². The molecule has 0 aliphatic heterocycles. The molecule has 0 radical (unpaired) electrons. The van der Waals surface area contributed by atoms with E-state index in [1.165, 1.54) is 12.3 Å². The molecule has 0 saturated heterocycles. The molecule has 2 atom stereocenters. The average Bonchev–Trinajstić information content (AvgIpc) is 2.30. The Kier molecular flexibility index (Phi) is 5.18. The molecular weight excluding hydrogens is 263 g/mol. The monoisotopic (exact) mass is 276 g/mol. The summed E-state index contributed by atoms with van der Waals surface area (Å²) in [6, 6.07) is 1.26. The second kappa shape index (κ2) is 6.19. The standard InChI is InChI=1S/C11H14Cl2N2O2/c1-6(5-16)7(2)15-11(17)8-3-10(13)14-4-9(8)12/h3-4,6-7,16H,5H2,1-2H3,(H,15,17). The topological polar surface area (TPSA) is 62.2 Å². The lowest BCUT2D eigenvalue weighted by Gasteiger charge is -2.19. The predicted octanol–water partition coefficient (Wildman–Crippen LogP) is 2.14. The first-order valence-corrected chi connectivity index (χ1v) is 5.94. The van der Waals surface area contributed by atoms with Crippen molar-refractivity contribution >= 4 is 29.1 Å². The minimum Gasteiger partial charge on any atom is -0.396 e. The summed E-state index contributed by atoms with van der Waals surface area (Å²) in [5.74, 6) is -0.359. The third-order valence-corrected chi connectivity index (χ3v) is 3.07. The smallest absolute Gasteiger partial charge is 0.253 e. The zero-order chi connectivity index (χ0) is 13.0. The Morgan fingerprint density at radius 3 is 2.76 bits per heavy atom. The molecule has 2 unspecified atom stereocenters. The highest BCUT2D eigenvalue weighted by molar-refractivity contribution is 6.35. The normalized spacial score (nSPS) is 14.2. The number of nitrogens with one attached hydrogen (secondary N) is 1. The van der Waals surface area contributed by atoms with Gasteiger partial charge >= 0.3 is 0 Å². The molecule has 0 aliphatic carbocycles. The van der Waals surface area contributed by atoms with E-state index in [0.717, 1.165) is 0 Å². The van der Waals surface area contributed by atoms with Gasteiger partial charge in [0.1, 0.15) is 5.15 Å². The molecule has 17 heavy (non-hydrogen) atoms. The van der Waals surface area contributed by atoms with Gasteiger partial charge in [-0.3, -0.25) is 4.79 Å². The van der Waals surface area contributed by atoms with Crippen molar-refractivity contribution in [2.24, 2.45) is 5.92 Å². The van der Waals surface area contributed by atoms with Crippen LogP contribution in [0.1, 0.15) is 24.2 Å². The fourth-order valence-electron chi connectivity index (χ4n) is 1.17. The number of nitrogens with zero attached hydrogens (tertiary/aromatic N) is 1. The molecule has 0 aliphatic rings. The van der Waals surface area contributed by atoms with E-state index in [9.17, 15) is 4.79 Å².